The molecule has 0 saturated carbocycles. The largest absolute Gasteiger partial charge is 0.475 e. The van der Waals surface area contributed by atoms with E-state index in [1.807, 2.05) is 13.0 Å². The summed E-state index contributed by atoms with van der Waals surface area (Å²) >= 11 is 0. The molecule has 0 fully saturated rings. The first kappa shape index (κ1) is 12.9. The number of aromatic carboxylic acids is 1. The first-order valence-electron chi connectivity index (χ1n) is 6.20. The summed E-state index contributed by atoms with van der Waals surface area (Å²) in [5, 5.41) is 13.1. The van der Waals surface area contributed by atoms with E-state index in [9.17, 15) is 4.79 Å². The summed E-state index contributed by atoms with van der Waals surface area (Å²) in [6.07, 6.45) is 3.23. The number of carboxylic acids is 1. The zero-order chi connectivity index (χ0) is 14.8. The van der Waals surface area contributed by atoms with E-state index in [1.165, 1.54) is 4.68 Å². The molecule has 7 heteroatoms. The maximum Gasteiger partial charge on any atom is 0.375 e. The quantitative estimate of drug-likeness (QED) is 0.785. The van der Waals surface area contributed by atoms with E-state index in [1.54, 1.807) is 36.7 Å². The fourth-order valence-corrected chi connectivity index (χ4v) is 1.83. The zero-order valence-electron chi connectivity index (χ0n) is 11.1. The van der Waals surface area contributed by atoms with E-state index in [2.05, 4.69) is 20.1 Å². The summed E-state index contributed by atoms with van der Waals surface area (Å²) in [6, 6.07) is 8.94. The number of rotatable bonds is 3. The van der Waals surface area contributed by atoms with Crippen molar-refractivity contribution in [1.29, 1.82) is 0 Å². The number of hydrogen-bond acceptors (Lipinski definition) is 5. The molecule has 0 amide bonds. The molecule has 0 radical (unpaired) electrons. The maximum absolute atomic E-state index is 11.1. The van der Waals surface area contributed by atoms with Gasteiger partial charge in [0.15, 0.2) is 5.82 Å². The maximum atomic E-state index is 11.1. The van der Waals surface area contributed by atoms with Crippen molar-refractivity contribution in [2.24, 2.45) is 0 Å². The zero-order valence-corrected chi connectivity index (χ0v) is 11.1. The Morgan fingerprint density at radius 1 is 1.19 bits per heavy atom. The normalized spacial score (nSPS) is 10.5. The molecule has 3 rings (SSSR count). The number of aryl methyl sites for hydroxylation is 1. The van der Waals surface area contributed by atoms with Crippen molar-refractivity contribution in [3.8, 4) is 17.2 Å². The smallest absolute Gasteiger partial charge is 0.375 e. The number of nitrogens with zero attached hydrogens (tertiary/aromatic N) is 5. The predicted molar refractivity (Wildman–Crippen MR) is 74.1 cm³/mol. The molecule has 0 atom stereocenters. The molecule has 7 nitrogen and oxygen atoms in total. The highest BCUT2D eigenvalue weighted by Gasteiger charge is 2.18. The van der Waals surface area contributed by atoms with Crippen molar-refractivity contribution < 1.29 is 9.90 Å². The molecule has 0 unspecified atom stereocenters. The standard InChI is InChI=1S/C14H11N5O2/c1-9-5-6-10(8-16-9)19-13(11-4-2-3-7-15-11)17-12(18-19)14(20)21/h2-8H,1H3,(H,20,21). The number of pyridine rings is 2. The van der Waals surface area contributed by atoms with E-state index in [0.717, 1.165) is 5.69 Å². The summed E-state index contributed by atoms with van der Waals surface area (Å²) < 4.78 is 1.43. The molecule has 3 aromatic heterocycles. The van der Waals surface area contributed by atoms with Crippen LogP contribution in [0.1, 0.15) is 16.3 Å². The van der Waals surface area contributed by atoms with Gasteiger partial charge in [0.25, 0.3) is 5.82 Å². The van der Waals surface area contributed by atoms with Crippen LogP contribution in [0.3, 0.4) is 0 Å². The van der Waals surface area contributed by atoms with Crippen molar-refractivity contribution >= 4 is 5.97 Å². The Morgan fingerprint density at radius 2 is 2.05 bits per heavy atom. The molecule has 3 heterocycles. The van der Waals surface area contributed by atoms with Crippen molar-refractivity contribution in [1.82, 2.24) is 24.7 Å². The predicted octanol–water partition coefficient (Wildman–Crippen LogP) is 1.73. The van der Waals surface area contributed by atoms with Gasteiger partial charge >= 0.3 is 5.97 Å². The van der Waals surface area contributed by atoms with Gasteiger partial charge < -0.3 is 5.11 Å². The lowest BCUT2D eigenvalue weighted by Crippen LogP contribution is -2.03. The van der Waals surface area contributed by atoms with Crippen LogP contribution in [0.4, 0.5) is 0 Å². The highest BCUT2D eigenvalue weighted by Crippen LogP contribution is 2.18. The summed E-state index contributed by atoms with van der Waals surface area (Å²) in [4.78, 5) is 23.5. The van der Waals surface area contributed by atoms with Crippen LogP contribution in [0.25, 0.3) is 17.2 Å². The van der Waals surface area contributed by atoms with Crippen LogP contribution in [-0.2, 0) is 0 Å². The first-order valence-corrected chi connectivity index (χ1v) is 6.20. The van der Waals surface area contributed by atoms with E-state index >= 15 is 0 Å². The second kappa shape index (κ2) is 5.12. The number of aromatic nitrogens is 5. The molecule has 21 heavy (non-hydrogen) atoms. The Balaban J connectivity index is 2.19. The van der Waals surface area contributed by atoms with Crippen molar-refractivity contribution in [2.75, 3.05) is 0 Å². The van der Waals surface area contributed by atoms with Crippen LogP contribution >= 0.6 is 0 Å². The molecule has 3 aromatic rings. The van der Waals surface area contributed by atoms with Crippen LogP contribution < -0.4 is 0 Å². The lowest BCUT2D eigenvalue weighted by atomic mass is 10.3. The van der Waals surface area contributed by atoms with Gasteiger partial charge in [-0.2, -0.15) is 4.98 Å². The fraction of sp³-hybridized carbons (Fsp3) is 0.0714. The summed E-state index contributed by atoms with van der Waals surface area (Å²) in [7, 11) is 0. The van der Waals surface area contributed by atoms with Gasteiger partial charge in [0.1, 0.15) is 5.69 Å². The molecule has 0 aliphatic carbocycles. The van der Waals surface area contributed by atoms with E-state index < -0.39 is 5.97 Å². The third-order valence-electron chi connectivity index (χ3n) is 2.83. The minimum atomic E-state index is -1.19. The van der Waals surface area contributed by atoms with Gasteiger partial charge in [-0.3, -0.25) is 9.97 Å². The lowest BCUT2D eigenvalue weighted by molar-refractivity contribution is 0.0683. The van der Waals surface area contributed by atoms with Crippen molar-refractivity contribution in [3.05, 3.63) is 54.2 Å². The minimum absolute atomic E-state index is 0.281. The van der Waals surface area contributed by atoms with Crippen LogP contribution in [0.15, 0.2) is 42.7 Å². The minimum Gasteiger partial charge on any atom is -0.475 e. The topological polar surface area (TPSA) is 93.8 Å². The number of hydrogen-bond donors (Lipinski definition) is 1. The summed E-state index contributed by atoms with van der Waals surface area (Å²) in [6.45, 7) is 1.87. The number of carboxylic acid groups (broad SMARTS) is 1. The van der Waals surface area contributed by atoms with Crippen LogP contribution in [0, 0.1) is 6.92 Å². The molecule has 1 N–H and O–H groups in total. The van der Waals surface area contributed by atoms with Crippen LogP contribution in [0.5, 0.6) is 0 Å². The van der Waals surface area contributed by atoms with Gasteiger partial charge in [-0.25, -0.2) is 9.48 Å². The van der Waals surface area contributed by atoms with Crippen molar-refractivity contribution in [3.63, 3.8) is 0 Å². The molecule has 0 saturated heterocycles. The van der Waals surface area contributed by atoms with Crippen LogP contribution in [-0.4, -0.2) is 35.8 Å². The molecule has 0 bridgehead atoms. The van der Waals surface area contributed by atoms with Gasteiger partial charge in [0, 0.05) is 11.9 Å². The third-order valence-corrected chi connectivity index (χ3v) is 2.83. The number of carbonyl (C=O) groups is 1. The molecule has 0 aliphatic rings. The monoisotopic (exact) mass is 281 g/mol. The molecule has 0 spiro atoms. The average Bonchev–Trinajstić information content (AvgIpc) is 2.94. The van der Waals surface area contributed by atoms with Crippen molar-refractivity contribution in [2.45, 2.75) is 6.92 Å². The van der Waals surface area contributed by atoms with Gasteiger partial charge in [-0.1, -0.05) is 6.07 Å². The third kappa shape index (κ3) is 2.48. The van der Waals surface area contributed by atoms with E-state index in [0.29, 0.717) is 17.2 Å². The highest BCUT2D eigenvalue weighted by atomic mass is 16.4. The lowest BCUT2D eigenvalue weighted by Gasteiger charge is -2.04. The second-order valence-corrected chi connectivity index (χ2v) is 4.35. The highest BCUT2D eigenvalue weighted by molar-refractivity contribution is 5.83. The summed E-state index contributed by atoms with van der Waals surface area (Å²) in [5.74, 6) is -1.11. The fourth-order valence-electron chi connectivity index (χ4n) is 1.83. The van der Waals surface area contributed by atoms with E-state index in [4.69, 9.17) is 5.11 Å². The summed E-state index contributed by atoms with van der Waals surface area (Å²) in [5.41, 5.74) is 2.02. The first-order chi connectivity index (χ1) is 10.1. The average molecular weight is 281 g/mol. The van der Waals surface area contributed by atoms with Gasteiger partial charge in [0.05, 0.1) is 11.9 Å². The SMILES string of the molecule is Cc1ccc(-n2nc(C(=O)O)nc2-c2ccccn2)cn1. The molecular weight excluding hydrogens is 270 g/mol. The Bertz CT molecular complexity index is 781. The second-order valence-electron chi connectivity index (χ2n) is 4.35. The van der Waals surface area contributed by atoms with Gasteiger partial charge in [0.2, 0.25) is 0 Å². The van der Waals surface area contributed by atoms with E-state index in [-0.39, 0.29) is 5.82 Å². The van der Waals surface area contributed by atoms with Gasteiger partial charge in [-0.15, -0.1) is 5.10 Å². The van der Waals surface area contributed by atoms with Gasteiger partial charge in [-0.05, 0) is 31.2 Å². The molecule has 104 valence electrons. The Labute approximate surface area is 119 Å². The Kier molecular flexibility index (Phi) is 3.15. The Hall–Kier alpha value is -3.09. The molecule has 0 aliphatic heterocycles. The molecule has 0 aromatic carbocycles. The molecular formula is C14H11N5O2. The van der Waals surface area contributed by atoms with Crippen LogP contribution in [0.2, 0.25) is 0 Å². The Morgan fingerprint density at radius 3 is 2.67 bits per heavy atom.